The molecule has 21 heavy (non-hydrogen) atoms. The maximum Gasteiger partial charge on any atom is 0.257 e. The van der Waals surface area contributed by atoms with E-state index in [2.05, 4.69) is 6.07 Å². The summed E-state index contributed by atoms with van der Waals surface area (Å²) in [4.78, 5) is 14.2. The molecule has 0 saturated carbocycles. The molecule has 1 aromatic carbocycles. The van der Waals surface area contributed by atoms with E-state index in [0.29, 0.717) is 17.9 Å². The summed E-state index contributed by atoms with van der Waals surface area (Å²) in [6, 6.07) is 9.42. The van der Waals surface area contributed by atoms with Gasteiger partial charge in [-0.25, -0.2) is 0 Å². The first kappa shape index (κ1) is 14.7. The van der Waals surface area contributed by atoms with Gasteiger partial charge in [-0.05, 0) is 19.1 Å². The van der Waals surface area contributed by atoms with Crippen molar-refractivity contribution in [2.75, 3.05) is 20.7 Å². The van der Waals surface area contributed by atoms with Crippen LogP contribution in [0, 0.1) is 11.3 Å². The summed E-state index contributed by atoms with van der Waals surface area (Å²) in [5.74, 6) is 0.185. The number of hydrogen-bond donors (Lipinski definition) is 0. The van der Waals surface area contributed by atoms with Crippen LogP contribution in [-0.2, 0) is 0 Å². The Morgan fingerprint density at radius 2 is 2.14 bits per heavy atom. The number of fused-ring (bicyclic) bond motifs is 1. The van der Waals surface area contributed by atoms with Gasteiger partial charge in [-0.15, -0.1) is 0 Å². The van der Waals surface area contributed by atoms with Crippen molar-refractivity contribution >= 4 is 16.8 Å². The summed E-state index contributed by atoms with van der Waals surface area (Å²) < 4.78 is 6.96. The monoisotopic (exact) mass is 283 g/mol. The highest BCUT2D eigenvalue weighted by atomic mass is 16.5. The van der Waals surface area contributed by atoms with E-state index in [0.717, 1.165) is 5.39 Å². The van der Waals surface area contributed by atoms with Crippen LogP contribution in [0.2, 0.25) is 0 Å². The molecule has 108 valence electrons. The lowest BCUT2D eigenvalue weighted by Gasteiger charge is -2.05. The number of benzene rings is 1. The predicted molar refractivity (Wildman–Crippen MR) is 81.3 cm³/mol. The molecule has 5 nitrogen and oxygen atoms in total. The van der Waals surface area contributed by atoms with Crippen LogP contribution in [0.5, 0.6) is 5.75 Å². The lowest BCUT2D eigenvalue weighted by atomic mass is 10.2. The molecule has 2 aromatic rings. The zero-order chi connectivity index (χ0) is 15.4. The third-order valence-corrected chi connectivity index (χ3v) is 2.96. The summed E-state index contributed by atoms with van der Waals surface area (Å²) >= 11 is 0. The molecule has 0 aliphatic heterocycles. The Bertz CT molecular complexity index is 736. The van der Waals surface area contributed by atoms with E-state index in [9.17, 15) is 10.1 Å². The molecule has 0 spiro atoms. The van der Waals surface area contributed by atoms with Crippen LogP contribution in [0.3, 0.4) is 0 Å². The molecule has 0 fully saturated rings. The summed E-state index contributed by atoms with van der Waals surface area (Å²) in [5, 5.41) is 10.2. The van der Waals surface area contributed by atoms with Crippen molar-refractivity contribution in [1.29, 1.82) is 5.26 Å². The van der Waals surface area contributed by atoms with Gasteiger partial charge in [0.1, 0.15) is 6.07 Å². The first-order chi connectivity index (χ1) is 10.1. The first-order valence-corrected chi connectivity index (χ1v) is 6.65. The van der Waals surface area contributed by atoms with Crippen molar-refractivity contribution < 1.29 is 9.53 Å². The van der Waals surface area contributed by atoms with Gasteiger partial charge < -0.3 is 9.64 Å². The molecule has 0 saturated heterocycles. The zero-order valence-corrected chi connectivity index (χ0v) is 12.3. The smallest absolute Gasteiger partial charge is 0.257 e. The average molecular weight is 283 g/mol. The van der Waals surface area contributed by atoms with Crippen LogP contribution < -0.4 is 4.74 Å². The van der Waals surface area contributed by atoms with Crippen molar-refractivity contribution in [2.24, 2.45) is 0 Å². The molecule has 1 aromatic heterocycles. The zero-order valence-electron chi connectivity index (χ0n) is 12.3. The molecule has 0 bridgehead atoms. The number of allylic oxidation sites excluding steroid dienone is 1. The summed E-state index contributed by atoms with van der Waals surface area (Å²) in [6.07, 6.45) is 3.08. The number of aromatic nitrogens is 1. The lowest BCUT2D eigenvalue weighted by molar-refractivity contribution is 0.0971. The number of hydrogen-bond acceptors (Lipinski definition) is 4. The van der Waals surface area contributed by atoms with E-state index >= 15 is 0 Å². The Morgan fingerprint density at radius 3 is 2.76 bits per heavy atom. The minimum atomic E-state index is -0.276. The number of nitrogens with zero attached hydrogens (tertiary/aromatic N) is 3. The van der Waals surface area contributed by atoms with Crippen molar-refractivity contribution in [2.45, 2.75) is 6.92 Å². The quantitative estimate of drug-likeness (QED) is 0.809. The third kappa shape index (κ3) is 2.75. The van der Waals surface area contributed by atoms with Crippen molar-refractivity contribution in [3.05, 3.63) is 42.2 Å². The van der Waals surface area contributed by atoms with Gasteiger partial charge >= 0.3 is 0 Å². The molecule has 0 aliphatic carbocycles. The average Bonchev–Trinajstić information content (AvgIpc) is 2.79. The highest BCUT2D eigenvalue weighted by Crippen LogP contribution is 2.32. The van der Waals surface area contributed by atoms with Gasteiger partial charge in [0, 0.05) is 31.8 Å². The van der Waals surface area contributed by atoms with Gasteiger partial charge in [-0.2, -0.15) is 5.26 Å². The van der Waals surface area contributed by atoms with Crippen LogP contribution in [0.1, 0.15) is 17.4 Å². The number of ether oxygens (including phenoxy) is 1. The SMILES string of the molecule is CCOc1c(C#N)n(C(=O)C=CN(C)C)c2ccccc12. The van der Waals surface area contributed by atoms with E-state index < -0.39 is 0 Å². The van der Waals surface area contributed by atoms with E-state index in [4.69, 9.17) is 4.74 Å². The topological polar surface area (TPSA) is 58.3 Å². The second-order valence-corrected chi connectivity index (χ2v) is 4.69. The van der Waals surface area contributed by atoms with Gasteiger partial charge in [-0.1, -0.05) is 12.1 Å². The van der Waals surface area contributed by atoms with Crippen LogP contribution in [0.4, 0.5) is 0 Å². The molecule has 0 N–H and O–H groups in total. The molecule has 0 radical (unpaired) electrons. The van der Waals surface area contributed by atoms with Crippen molar-refractivity contribution in [3.8, 4) is 11.8 Å². The van der Waals surface area contributed by atoms with E-state index in [1.165, 1.54) is 10.6 Å². The molecule has 0 aliphatic rings. The molecular weight excluding hydrogens is 266 g/mol. The van der Waals surface area contributed by atoms with E-state index in [-0.39, 0.29) is 11.6 Å². The molecule has 2 rings (SSSR count). The summed E-state index contributed by atoms with van der Waals surface area (Å²) in [6.45, 7) is 2.28. The molecular formula is C16H17N3O2. The van der Waals surface area contributed by atoms with Gasteiger partial charge in [0.25, 0.3) is 5.91 Å². The molecule has 0 atom stereocenters. The van der Waals surface area contributed by atoms with Crippen LogP contribution >= 0.6 is 0 Å². The normalized spacial score (nSPS) is 10.8. The Balaban J connectivity index is 2.67. The van der Waals surface area contributed by atoms with Crippen molar-refractivity contribution in [3.63, 3.8) is 0 Å². The Kier molecular flexibility index (Phi) is 4.29. The standard InChI is InChI=1S/C16H17N3O2/c1-4-21-16-12-7-5-6-8-13(12)19(14(16)11-17)15(20)9-10-18(2)3/h5-10H,4H2,1-3H3. The largest absolute Gasteiger partial charge is 0.490 e. The highest BCUT2D eigenvalue weighted by Gasteiger charge is 2.20. The number of nitriles is 1. The maximum atomic E-state index is 12.4. The number of carbonyl (C=O) groups excluding carboxylic acids is 1. The predicted octanol–water partition coefficient (Wildman–Crippen LogP) is 2.63. The fraction of sp³-hybridized carbons (Fsp3) is 0.250. The minimum Gasteiger partial charge on any atom is -0.490 e. The minimum absolute atomic E-state index is 0.228. The van der Waals surface area contributed by atoms with Gasteiger partial charge in [0.05, 0.1) is 12.1 Å². The maximum absolute atomic E-state index is 12.4. The van der Waals surface area contributed by atoms with E-state index in [1.54, 1.807) is 17.2 Å². The van der Waals surface area contributed by atoms with Crippen LogP contribution in [-0.4, -0.2) is 36.1 Å². The van der Waals surface area contributed by atoms with E-state index in [1.807, 2.05) is 39.2 Å². The molecule has 5 heteroatoms. The second kappa shape index (κ2) is 6.14. The summed E-state index contributed by atoms with van der Waals surface area (Å²) in [5.41, 5.74) is 0.900. The first-order valence-electron chi connectivity index (χ1n) is 6.65. The summed E-state index contributed by atoms with van der Waals surface area (Å²) in [7, 11) is 3.66. The Labute approximate surface area is 123 Å². The number of para-hydroxylation sites is 1. The second-order valence-electron chi connectivity index (χ2n) is 4.69. The fourth-order valence-corrected chi connectivity index (χ4v) is 2.12. The van der Waals surface area contributed by atoms with Gasteiger partial charge in [0.15, 0.2) is 11.4 Å². The molecule has 0 unspecified atom stereocenters. The van der Waals surface area contributed by atoms with Crippen LogP contribution in [0.15, 0.2) is 36.5 Å². The number of rotatable bonds is 4. The Hall–Kier alpha value is -2.74. The van der Waals surface area contributed by atoms with Crippen LogP contribution in [0.25, 0.3) is 10.9 Å². The van der Waals surface area contributed by atoms with Gasteiger partial charge in [-0.3, -0.25) is 9.36 Å². The lowest BCUT2D eigenvalue weighted by Crippen LogP contribution is -2.11. The number of carbonyl (C=O) groups is 1. The highest BCUT2D eigenvalue weighted by molar-refractivity contribution is 6.02. The third-order valence-electron chi connectivity index (χ3n) is 2.96. The molecule has 0 amide bonds. The van der Waals surface area contributed by atoms with Gasteiger partial charge in [0.2, 0.25) is 0 Å². The van der Waals surface area contributed by atoms with Crippen molar-refractivity contribution in [1.82, 2.24) is 9.47 Å². The fourth-order valence-electron chi connectivity index (χ4n) is 2.12. The molecule has 1 heterocycles. The Morgan fingerprint density at radius 1 is 1.43 bits per heavy atom.